The lowest BCUT2D eigenvalue weighted by atomic mass is 9.49. The van der Waals surface area contributed by atoms with Gasteiger partial charge in [0.2, 0.25) is 5.91 Å². The maximum Gasteiger partial charge on any atom is 0.220 e. The molecule has 0 unspecified atom stereocenters. The number of nitrogens with one attached hydrogen (secondary N) is 1. The summed E-state index contributed by atoms with van der Waals surface area (Å²) >= 11 is 0. The van der Waals surface area contributed by atoms with Gasteiger partial charge in [-0.2, -0.15) is 0 Å². The Kier molecular flexibility index (Phi) is 4.13. The van der Waals surface area contributed by atoms with Crippen LogP contribution in [0.1, 0.15) is 57.8 Å². The van der Waals surface area contributed by atoms with Gasteiger partial charge in [-0.15, -0.1) is 0 Å². The lowest BCUT2D eigenvalue weighted by Gasteiger charge is -2.56. The van der Waals surface area contributed by atoms with Crippen molar-refractivity contribution in [1.82, 2.24) is 15.3 Å². The van der Waals surface area contributed by atoms with E-state index in [2.05, 4.69) is 20.2 Å². The number of anilines is 1. The number of nitrogens with zero attached hydrogens (tertiary/aromatic N) is 3. The lowest BCUT2D eigenvalue weighted by Crippen LogP contribution is -2.50. The van der Waals surface area contributed by atoms with Crippen LogP contribution in [0.4, 0.5) is 5.82 Å². The molecule has 1 aliphatic heterocycles. The van der Waals surface area contributed by atoms with E-state index in [1.54, 1.807) is 12.4 Å². The molecule has 1 aromatic heterocycles. The van der Waals surface area contributed by atoms with Gasteiger partial charge in [-0.1, -0.05) is 0 Å². The Morgan fingerprint density at radius 2 is 1.73 bits per heavy atom. The Balaban J connectivity index is 1.14. The van der Waals surface area contributed by atoms with Crippen molar-refractivity contribution in [2.45, 2.75) is 63.8 Å². The minimum atomic E-state index is 0.310. The number of rotatable bonds is 4. The Bertz CT molecular complexity index is 618. The number of carbonyl (C=O) groups is 1. The van der Waals surface area contributed by atoms with Gasteiger partial charge < -0.3 is 10.2 Å². The van der Waals surface area contributed by atoms with Gasteiger partial charge in [0, 0.05) is 37.9 Å². The van der Waals surface area contributed by atoms with Crippen LogP contribution in [0.5, 0.6) is 0 Å². The van der Waals surface area contributed by atoms with Crippen molar-refractivity contribution in [3.63, 3.8) is 0 Å². The summed E-state index contributed by atoms with van der Waals surface area (Å²) in [4.78, 5) is 23.6. The molecular weight excluding hydrogens is 324 g/mol. The monoisotopic (exact) mass is 354 g/mol. The molecule has 0 spiro atoms. The number of hydrogen-bond donors (Lipinski definition) is 1. The van der Waals surface area contributed by atoms with Crippen LogP contribution in [0.15, 0.2) is 18.6 Å². The predicted molar refractivity (Wildman–Crippen MR) is 101 cm³/mol. The molecule has 26 heavy (non-hydrogen) atoms. The van der Waals surface area contributed by atoms with E-state index in [0.29, 0.717) is 17.4 Å². The van der Waals surface area contributed by atoms with Gasteiger partial charge in [-0.05, 0) is 74.5 Å². The van der Waals surface area contributed by atoms with Crippen LogP contribution in [-0.4, -0.2) is 35.0 Å². The van der Waals surface area contributed by atoms with Gasteiger partial charge in [-0.3, -0.25) is 9.78 Å². The minimum absolute atomic E-state index is 0.310. The van der Waals surface area contributed by atoms with Gasteiger partial charge in [0.25, 0.3) is 0 Å². The van der Waals surface area contributed by atoms with E-state index in [9.17, 15) is 4.79 Å². The van der Waals surface area contributed by atoms with Crippen LogP contribution in [-0.2, 0) is 4.79 Å². The van der Waals surface area contributed by atoms with E-state index in [0.717, 1.165) is 55.9 Å². The molecule has 5 nitrogen and oxygen atoms in total. The summed E-state index contributed by atoms with van der Waals surface area (Å²) in [5.74, 6) is 4.02. The highest BCUT2D eigenvalue weighted by atomic mass is 16.1. The smallest absolute Gasteiger partial charge is 0.220 e. The lowest BCUT2D eigenvalue weighted by molar-refractivity contribution is -0.130. The number of carbonyl (C=O) groups excluding carboxylic acids is 1. The van der Waals surface area contributed by atoms with Crippen LogP contribution >= 0.6 is 0 Å². The molecule has 4 aliphatic carbocycles. The van der Waals surface area contributed by atoms with E-state index in [1.165, 1.54) is 38.5 Å². The van der Waals surface area contributed by atoms with Crippen molar-refractivity contribution < 1.29 is 4.79 Å². The highest BCUT2D eigenvalue weighted by Crippen LogP contribution is 2.61. The van der Waals surface area contributed by atoms with Crippen molar-refractivity contribution in [3.8, 4) is 0 Å². The summed E-state index contributed by atoms with van der Waals surface area (Å²) < 4.78 is 0. The molecule has 0 atom stereocenters. The average Bonchev–Trinajstić information content (AvgIpc) is 2.61. The van der Waals surface area contributed by atoms with E-state index >= 15 is 0 Å². The van der Waals surface area contributed by atoms with Crippen LogP contribution in [0, 0.1) is 23.2 Å². The zero-order valence-electron chi connectivity index (χ0n) is 15.6. The summed E-state index contributed by atoms with van der Waals surface area (Å²) in [6.45, 7) is 1.89. The van der Waals surface area contributed by atoms with Gasteiger partial charge in [0.15, 0.2) is 0 Å². The summed E-state index contributed by atoms with van der Waals surface area (Å²) in [7, 11) is 0. The Labute approximate surface area is 156 Å². The maximum atomic E-state index is 12.8. The number of aromatic nitrogens is 2. The van der Waals surface area contributed by atoms with Crippen molar-refractivity contribution in [3.05, 3.63) is 18.6 Å². The third-order valence-corrected chi connectivity index (χ3v) is 7.43. The van der Waals surface area contributed by atoms with Crippen molar-refractivity contribution in [2.24, 2.45) is 23.2 Å². The summed E-state index contributed by atoms with van der Waals surface area (Å²) in [5.41, 5.74) is 0.346. The molecular formula is C21H30N4O. The largest absolute Gasteiger partial charge is 0.355 e. The van der Waals surface area contributed by atoms with E-state index in [-0.39, 0.29) is 0 Å². The third kappa shape index (κ3) is 3.21. The van der Waals surface area contributed by atoms with Crippen LogP contribution < -0.4 is 10.2 Å². The Morgan fingerprint density at radius 3 is 2.31 bits per heavy atom. The molecule has 5 heteroatoms. The normalized spacial score (nSPS) is 36.3. The van der Waals surface area contributed by atoms with Crippen LogP contribution in [0.3, 0.4) is 0 Å². The maximum absolute atomic E-state index is 12.8. The summed E-state index contributed by atoms with van der Waals surface area (Å²) in [5, 5.41) is 3.36. The molecule has 0 radical (unpaired) electrons. The van der Waals surface area contributed by atoms with Gasteiger partial charge in [0.1, 0.15) is 5.82 Å². The fraction of sp³-hybridized carbons (Fsp3) is 0.762. The fourth-order valence-corrected chi connectivity index (χ4v) is 6.83. The molecule has 1 amide bonds. The SMILES string of the molecule is O=C(CC12CC3CC(CC(C3)C1)C2)NC1CCN(c2cnccn2)CC1. The topological polar surface area (TPSA) is 58.1 Å². The molecule has 2 heterocycles. The van der Waals surface area contributed by atoms with Crippen molar-refractivity contribution >= 4 is 11.7 Å². The van der Waals surface area contributed by atoms with Crippen molar-refractivity contribution in [2.75, 3.05) is 18.0 Å². The second kappa shape index (κ2) is 6.50. The highest BCUT2D eigenvalue weighted by molar-refractivity contribution is 5.77. The number of hydrogen-bond acceptors (Lipinski definition) is 4. The van der Waals surface area contributed by atoms with Crippen LogP contribution in [0.2, 0.25) is 0 Å². The molecule has 140 valence electrons. The second-order valence-electron chi connectivity index (χ2n) is 9.49. The van der Waals surface area contributed by atoms with Crippen LogP contribution in [0.25, 0.3) is 0 Å². The predicted octanol–water partition coefficient (Wildman–Crippen LogP) is 3.17. The van der Waals surface area contributed by atoms with Gasteiger partial charge in [0.05, 0.1) is 6.20 Å². The number of amides is 1. The zero-order valence-corrected chi connectivity index (χ0v) is 15.6. The molecule has 4 saturated carbocycles. The third-order valence-electron chi connectivity index (χ3n) is 7.43. The standard InChI is InChI=1S/C21H30N4O/c26-20(13-21-10-15-7-16(11-21)9-17(8-15)12-21)24-18-1-5-25(6-2-18)19-14-22-3-4-23-19/h3-4,14-18H,1-2,5-13H2,(H,24,26). The highest BCUT2D eigenvalue weighted by Gasteiger charge is 2.51. The van der Waals surface area contributed by atoms with E-state index in [4.69, 9.17) is 0 Å². The second-order valence-corrected chi connectivity index (χ2v) is 9.49. The zero-order chi connectivity index (χ0) is 17.6. The molecule has 1 aromatic rings. The summed E-state index contributed by atoms with van der Waals surface area (Å²) in [6.07, 6.45) is 16.4. The molecule has 6 rings (SSSR count). The van der Waals surface area contributed by atoms with Gasteiger partial charge >= 0.3 is 0 Å². The molecule has 0 aromatic carbocycles. The van der Waals surface area contributed by atoms with E-state index in [1.807, 2.05) is 6.20 Å². The van der Waals surface area contributed by atoms with E-state index < -0.39 is 0 Å². The van der Waals surface area contributed by atoms with Gasteiger partial charge in [-0.25, -0.2) is 4.98 Å². The molecule has 5 aliphatic rings. The summed E-state index contributed by atoms with van der Waals surface area (Å²) in [6, 6.07) is 0.323. The first-order valence-corrected chi connectivity index (χ1v) is 10.5. The average molecular weight is 354 g/mol. The molecule has 5 fully saturated rings. The first-order valence-electron chi connectivity index (χ1n) is 10.5. The number of piperidine rings is 1. The molecule has 4 bridgehead atoms. The fourth-order valence-electron chi connectivity index (χ4n) is 6.83. The first-order chi connectivity index (χ1) is 12.7. The first kappa shape index (κ1) is 16.5. The quantitative estimate of drug-likeness (QED) is 0.902. The van der Waals surface area contributed by atoms with Crippen molar-refractivity contribution in [1.29, 1.82) is 0 Å². The molecule has 1 N–H and O–H groups in total. The minimum Gasteiger partial charge on any atom is -0.355 e. The Hall–Kier alpha value is -1.65. The molecule has 1 saturated heterocycles. The Morgan fingerprint density at radius 1 is 1.08 bits per heavy atom.